The van der Waals surface area contributed by atoms with E-state index in [-0.39, 0.29) is 23.8 Å². The zero-order valence-electron chi connectivity index (χ0n) is 18.0. The van der Waals surface area contributed by atoms with Gasteiger partial charge in [-0.3, -0.25) is 9.69 Å². The Morgan fingerprint density at radius 3 is 2.74 bits per heavy atom. The predicted octanol–water partition coefficient (Wildman–Crippen LogP) is 2.39. The molecule has 0 radical (unpaired) electrons. The first kappa shape index (κ1) is 21.7. The number of aromatic hydroxyl groups is 1. The van der Waals surface area contributed by atoms with Gasteiger partial charge in [0.05, 0.1) is 6.04 Å². The second-order valence-corrected chi connectivity index (χ2v) is 8.67. The highest BCUT2D eigenvalue weighted by Gasteiger charge is 2.29. The van der Waals surface area contributed by atoms with E-state index in [1.54, 1.807) is 12.1 Å². The van der Waals surface area contributed by atoms with Gasteiger partial charge in [-0.25, -0.2) is 4.39 Å². The molecule has 1 amide bonds. The van der Waals surface area contributed by atoms with E-state index in [1.165, 1.54) is 12.1 Å². The Labute approximate surface area is 183 Å². The summed E-state index contributed by atoms with van der Waals surface area (Å²) in [4.78, 5) is 16.7. The van der Waals surface area contributed by atoms with Gasteiger partial charge < -0.3 is 20.6 Å². The lowest BCUT2D eigenvalue weighted by Crippen LogP contribution is -2.48. The molecule has 0 aromatic heterocycles. The van der Waals surface area contributed by atoms with Gasteiger partial charge in [0, 0.05) is 57.3 Å². The summed E-state index contributed by atoms with van der Waals surface area (Å²) in [6, 6.07) is 11.9. The largest absolute Gasteiger partial charge is 0.508 e. The minimum Gasteiger partial charge on any atom is -0.508 e. The van der Waals surface area contributed by atoms with Gasteiger partial charge in [-0.05, 0) is 48.9 Å². The van der Waals surface area contributed by atoms with Crippen molar-refractivity contribution < 1.29 is 14.3 Å². The number of rotatable bonds is 6. The normalized spacial score (nSPS) is 23.0. The Kier molecular flexibility index (Phi) is 6.85. The van der Waals surface area contributed by atoms with Crippen molar-refractivity contribution in [3.05, 3.63) is 65.0 Å². The number of hydrogen-bond acceptors (Lipinski definition) is 5. The van der Waals surface area contributed by atoms with Crippen LogP contribution in [0, 0.1) is 5.82 Å². The van der Waals surface area contributed by atoms with E-state index in [0.29, 0.717) is 25.1 Å². The number of nitrogens with zero attached hydrogens (tertiary/aromatic N) is 2. The molecule has 0 saturated carbocycles. The Morgan fingerprint density at radius 1 is 1.16 bits per heavy atom. The average molecular weight is 427 g/mol. The number of carbonyl (C=O) groups excluding carboxylic acids is 1. The van der Waals surface area contributed by atoms with Crippen LogP contribution < -0.4 is 10.6 Å². The number of halogens is 1. The predicted molar refractivity (Wildman–Crippen MR) is 118 cm³/mol. The molecule has 0 aliphatic carbocycles. The van der Waals surface area contributed by atoms with Crippen molar-refractivity contribution in [2.24, 2.45) is 0 Å². The van der Waals surface area contributed by atoms with Crippen molar-refractivity contribution in [1.82, 2.24) is 20.4 Å². The van der Waals surface area contributed by atoms with Crippen LogP contribution in [0.1, 0.15) is 35.6 Å². The second kappa shape index (κ2) is 9.77. The number of phenols is 1. The van der Waals surface area contributed by atoms with Gasteiger partial charge in [0.2, 0.25) is 5.91 Å². The molecule has 2 fully saturated rings. The number of likely N-dealkylation sites (N-methyl/N-ethyl adjacent to an activating group) is 1. The fourth-order valence-corrected chi connectivity index (χ4v) is 4.41. The summed E-state index contributed by atoms with van der Waals surface area (Å²) >= 11 is 0. The smallest absolute Gasteiger partial charge is 0.220 e. The molecule has 31 heavy (non-hydrogen) atoms. The van der Waals surface area contributed by atoms with Gasteiger partial charge in [0.1, 0.15) is 11.6 Å². The third-order valence-corrected chi connectivity index (χ3v) is 6.31. The van der Waals surface area contributed by atoms with E-state index in [1.807, 2.05) is 12.1 Å². The molecule has 6 nitrogen and oxygen atoms in total. The number of nitrogens with one attached hydrogen (secondary N) is 2. The molecular formula is C24H31FN4O2. The zero-order valence-corrected chi connectivity index (χ0v) is 18.0. The number of carbonyl (C=O) groups is 1. The molecule has 7 heteroatoms. The first-order chi connectivity index (χ1) is 15.0. The maximum absolute atomic E-state index is 13.7. The van der Waals surface area contributed by atoms with Crippen LogP contribution in [0.2, 0.25) is 0 Å². The number of amides is 1. The van der Waals surface area contributed by atoms with Crippen molar-refractivity contribution in [2.75, 3.05) is 33.2 Å². The molecule has 166 valence electrons. The van der Waals surface area contributed by atoms with Crippen LogP contribution in [-0.4, -0.2) is 60.1 Å². The first-order valence-electron chi connectivity index (χ1n) is 11.0. The summed E-state index contributed by atoms with van der Waals surface area (Å²) in [5, 5.41) is 16.9. The number of piperidine rings is 1. The summed E-state index contributed by atoms with van der Waals surface area (Å²) in [6.07, 6.45) is 1.15. The maximum Gasteiger partial charge on any atom is 0.220 e. The highest BCUT2D eigenvalue weighted by Crippen LogP contribution is 2.26. The fraction of sp³-hybridized carbons (Fsp3) is 0.458. The van der Waals surface area contributed by atoms with Crippen LogP contribution >= 0.6 is 0 Å². The van der Waals surface area contributed by atoms with Crippen LogP contribution in [0.15, 0.2) is 42.5 Å². The minimum atomic E-state index is -0.303. The monoisotopic (exact) mass is 426 g/mol. The molecule has 4 rings (SSSR count). The molecule has 0 spiro atoms. The summed E-state index contributed by atoms with van der Waals surface area (Å²) in [5.74, 6) is 0.0137. The van der Waals surface area contributed by atoms with E-state index in [0.717, 1.165) is 49.4 Å². The summed E-state index contributed by atoms with van der Waals surface area (Å²) in [5.41, 5.74) is 2.78. The number of hydrogen-bond donors (Lipinski definition) is 3. The SMILES string of the molecule is CN1CCN(Cc2cc(CN[C@@H]3CCC(=O)N[C@H]3c3cccc(F)c3)ccc2O)CC1. The topological polar surface area (TPSA) is 67.8 Å². The van der Waals surface area contributed by atoms with Crippen molar-refractivity contribution >= 4 is 5.91 Å². The van der Waals surface area contributed by atoms with Crippen LogP contribution in [-0.2, 0) is 17.9 Å². The first-order valence-corrected chi connectivity index (χ1v) is 11.0. The summed E-state index contributed by atoms with van der Waals surface area (Å²) in [7, 11) is 2.13. The molecule has 2 atom stereocenters. The molecule has 2 aromatic rings. The molecule has 2 heterocycles. The van der Waals surface area contributed by atoms with E-state index >= 15 is 0 Å². The third kappa shape index (κ3) is 5.61. The second-order valence-electron chi connectivity index (χ2n) is 8.67. The standard InChI is InChI=1S/C24H31FN4O2/c1-28-9-11-29(12-10-28)16-19-13-17(5-7-22(19)30)15-26-21-6-8-23(31)27-24(21)18-3-2-4-20(25)14-18/h2-5,7,13-14,21,24,26,30H,6,8-12,15-16H2,1H3,(H,27,31)/t21-,24+/m1/s1. The van der Waals surface area contributed by atoms with Crippen LogP contribution in [0.5, 0.6) is 5.75 Å². The lowest BCUT2D eigenvalue weighted by molar-refractivity contribution is -0.123. The van der Waals surface area contributed by atoms with Gasteiger partial charge in [0.25, 0.3) is 0 Å². The molecule has 0 unspecified atom stereocenters. The molecule has 3 N–H and O–H groups in total. The van der Waals surface area contributed by atoms with E-state index in [4.69, 9.17) is 0 Å². The van der Waals surface area contributed by atoms with Crippen molar-refractivity contribution in [3.8, 4) is 5.75 Å². The van der Waals surface area contributed by atoms with Crippen LogP contribution in [0.25, 0.3) is 0 Å². The number of piperazine rings is 1. The summed E-state index contributed by atoms with van der Waals surface area (Å²) < 4.78 is 13.7. The zero-order chi connectivity index (χ0) is 21.8. The Morgan fingerprint density at radius 2 is 1.97 bits per heavy atom. The molecular weight excluding hydrogens is 395 g/mol. The van der Waals surface area contributed by atoms with Crippen molar-refractivity contribution in [1.29, 1.82) is 0 Å². The van der Waals surface area contributed by atoms with Crippen LogP contribution in [0.3, 0.4) is 0 Å². The Bertz CT molecular complexity index is 914. The number of phenolic OH excluding ortho intramolecular Hbond substituents is 1. The highest BCUT2D eigenvalue weighted by atomic mass is 19.1. The third-order valence-electron chi connectivity index (χ3n) is 6.31. The summed E-state index contributed by atoms with van der Waals surface area (Å²) in [6.45, 7) is 5.42. The van der Waals surface area contributed by atoms with Crippen molar-refractivity contribution in [2.45, 2.75) is 38.0 Å². The molecule has 2 aliphatic rings. The molecule has 2 saturated heterocycles. The van der Waals surface area contributed by atoms with E-state index < -0.39 is 0 Å². The molecule has 2 aromatic carbocycles. The number of benzene rings is 2. The van der Waals surface area contributed by atoms with E-state index in [2.05, 4.69) is 33.5 Å². The lowest BCUT2D eigenvalue weighted by atomic mass is 9.91. The Hall–Kier alpha value is -2.48. The minimum absolute atomic E-state index is 0.00796. The molecule has 0 bridgehead atoms. The highest BCUT2D eigenvalue weighted by molar-refractivity contribution is 5.77. The van der Waals surface area contributed by atoms with Gasteiger partial charge in [0.15, 0.2) is 0 Å². The quantitative estimate of drug-likeness (QED) is 0.662. The van der Waals surface area contributed by atoms with Gasteiger partial charge in [-0.1, -0.05) is 18.2 Å². The average Bonchev–Trinajstić information content (AvgIpc) is 2.76. The van der Waals surface area contributed by atoms with E-state index in [9.17, 15) is 14.3 Å². The van der Waals surface area contributed by atoms with Gasteiger partial charge in [-0.15, -0.1) is 0 Å². The maximum atomic E-state index is 13.7. The Balaban J connectivity index is 1.42. The van der Waals surface area contributed by atoms with Gasteiger partial charge in [-0.2, -0.15) is 0 Å². The molecule has 2 aliphatic heterocycles. The fourth-order valence-electron chi connectivity index (χ4n) is 4.41. The lowest BCUT2D eigenvalue weighted by Gasteiger charge is -2.33. The van der Waals surface area contributed by atoms with Gasteiger partial charge >= 0.3 is 0 Å². The van der Waals surface area contributed by atoms with Crippen LogP contribution in [0.4, 0.5) is 4.39 Å². The van der Waals surface area contributed by atoms with Crippen molar-refractivity contribution in [3.63, 3.8) is 0 Å².